The lowest BCUT2D eigenvalue weighted by Crippen LogP contribution is -2.40. The van der Waals surface area contributed by atoms with Gasteiger partial charge in [0, 0.05) is 24.5 Å². The second kappa shape index (κ2) is 4.81. The minimum Gasteiger partial charge on any atom is -0.335 e. The molecule has 0 amide bonds. The molecule has 0 N–H and O–H groups in total. The van der Waals surface area contributed by atoms with Crippen LogP contribution in [-0.4, -0.2) is 22.1 Å². The van der Waals surface area contributed by atoms with E-state index in [1.54, 1.807) is 0 Å². The third kappa shape index (κ3) is 1.79. The fourth-order valence-corrected chi connectivity index (χ4v) is 3.01. The number of anilines is 1. The third-order valence-corrected chi connectivity index (χ3v) is 3.74. The van der Waals surface area contributed by atoms with Gasteiger partial charge in [0.25, 0.3) is 0 Å². The summed E-state index contributed by atoms with van der Waals surface area (Å²) in [7, 11) is 0. The zero-order valence-corrected chi connectivity index (χ0v) is 10.4. The Labute approximate surface area is 97.9 Å². The highest BCUT2D eigenvalue weighted by molar-refractivity contribution is 5.37. The molecule has 1 saturated heterocycles. The van der Waals surface area contributed by atoms with Crippen LogP contribution < -0.4 is 4.90 Å². The first-order valence-electron chi connectivity index (χ1n) is 6.41. The van der Waals surface area contributed by atoms with Gasteiger partial charge in [-0.25, -0.2) is 9.97 Å². The van der Waals surface area contributed by atoms with Crippen molar-refractivity contribution < 1.29 is 0 Å². The monoisotopic (exact) mass is 219 g/mol. The van der Waals surface area contributed by atoms with Crippen molar-refractivity contribution in [1.29, 1.82) is 0 Å². The molecule has 3 unspecified atom stereocenters. The molecule has 3 rings (SSSR count). The van der Waals surface area contributed by atoms with Gasteiger partial charge in [0.15, 0.2) is 0 Å². The Hall–Kier alpha value is -1.12. The average molecular weight is 219 g/mol. The van der Waals surface area contributed by atoms with Gasteiger partial charge in [-0.3, -0.25) is 0 Å². The highest BCUT2D eigenvalue weighted by atomic mass is 15.3. The van der Waals surface area contributed by atoms with Crippen molar-refractivity contribution in [2.45, 2.75) is 52.1 Å². The average Bonchev–Trinajstić information content (AvgIpc) is 2.93. The molecule has 2 bridgehead atoms. The van der Waals surface area contributed by atoms with Crippen molar-refractivity contribution in [3.05, 3.63) is 18.5 Å². The fraction of sp³-hybridized carbons (Fsp3) is 0.692. The van der Waals surface area contributed by atoms with Gasteiger partial charge in [-0.1, -0.05) is 13.8 Å². The van der Waals surface area contributed by atoms with E-state index < -0.39 is 0 Å². The van der Waals surface area contributed by atoms with Crippen LogP contribution in [0.5, 0.6) is 0 Å². The van der Waals surface area contributed by atoms with Crippen LogP contribution in [0.25, 0.3) is 0 Å². The molecule has 1 aromatic heterocycles. The number of rotatable bonds is 1. The molecule has 3 atom stereocenters. The van der Waals surface area contributed by atoms with Crippen molar-refractivity contribution in [3.63, 3.8) is 0 Å². The molecular formula is C13H21N3. The van der Waals surface area contributed by atoms with Crippen LogP contribution in [0.15, 0.2) is 18.5 Å². The summed E-state index contributed by atoms with van der Waals surface area (Å²) in [6, 6.07) is 3.22. The van der Waals surface area contributed by atoms with E-state index in [1.165, 1.54) is 19.3 Å². The predicted octanol–water partition coefficient (Wildman–Crippen LogP) is 2.88. The lowest BCUT2D eigenvalue weighted by atomic mass is 10.0. The van der Waals surface area contributed by atoms with Gasteiger partial charge in [0.1, 0.15) is 0 Å². The highest BCUT2D eigenvalue weighted by Crippen LogP contribution is 2.43. The molecule has 1 aromatic rings. The van der Waals surface area contributed by atoms with E-state index in [2.05, 4.69) is 21.8 Å². The van der Waals surface area contributed by atoms with Gasteiger partial charge in [0.2, 0.25) is 5.95 Å². The fourth-order valence-electron chi connectivity index (χ4n) is 3.01. The van der Waals surface area contributed by atoms with Crippen LogP contribution in [0, 0.1) is 5.92 Å². The first-order valence-corrected chi connectivity index (χ1v) is 6.41. The lowest BCUT2D eigenvalue weighted by Gasteiger charge is -2.32. The van der Waals surface area contributed by atoms with E-state index in [0.717, 1.165) is 11.9 Å². The van der Waals surface area contributed by atoms with Gasteiger partial charge < -0.3 is 4.90 Å². The smallest absolute Gasteiger partial charge is 0.225 e. The number of aromatic nitrogens is 2. The van der Waals surface area contributed by atoms with Crippen LogP contribution in [0.3, 0.4) is 0 Å². The van der Waals surface area contributed by atoms with Gasteiger partial charge in [-0.2, -0.15) is 0 Å². The summed E-state index contributed by atoms with van der Waals surface area (Å²) in [5, 5.41) is 0. The summed E-state index contributed by atoms with van der Waals surface area (Å²) < 4.78 is 0. The van der Waals surface area contributed by atoms with E-state index in [1.807, 2.05) is 32.3 Å². The Balaban J connectivity index is 0.000000457. The Bertz CT molecular complexity index is 323. The molecule has 16 heavy (non-hydrogen) atoms. The minimum absolute atomic E-state index is 0.635. The van der Waals surface area contributed by atoms with Gasteiger partial charge in [0.05, 0.1) is 0 Å². The summed E-state index contributed by atoms with van der Waals surface area (Å²) in [6.07, 6.45) is 7.74. The molecule has 3 nitrogen and oxygen atoms in total. The maximum Gasteiger partial charge on any atom is 0.225 e. The molecule has 0 spiro atoms. The first-order chi connectivity index (χ1) is 7.86. The molecule has 2 aliphatic rings. The van der Waals surface area contributed by atoms with Gasteiger partial charge in [-0.05, 0) is 38.2 Å². The van der Waals surface area contributed by atoms with Crippen molar-refractivity contribution in [2.24, 2.45) is 5.92 Å². The first kappa shape index (κ1) is 11.4. The summed E-state index contributed by atoms with van der Waals surface area (Å²) >= 11 is 0. The Morgan fingerprint density at radius 2 is 1.88 bits per heavy atom. The van der Waals surface area contributed by atoms with Crippen LogP contribution in [0.2, 0.25) is 0 Å². The molecule has 2 fully saturated rings. The van der Waals surface area contributed by atoms with Crippen LogP contribution in [-0.2, 0) is 0 Å². The van der Waals surface area contributed by atoms with E-state index in [9.17, 15) is 0 Å². The SMILES string of the molecule is CC.CC1C2CCC(C2)N1c1ncccn1. The quantitative estimate of drug-likeness (QED) is 0.727. The lowest BCUT2D eigenvalue weighted by molar-refractivity contribution is 0.448. The van der Waals surface area contributed by atoms with Crippen LogP contribution in [0.4, 0.5) is 5.95 Å². The van der Waals surface area contributed by atoms with Crippen LogP contribution in [0.1, 0.15) is 40.0 Å². The normalized spacial score (nSPS) is 31.2. The topological polar surface area (TPSA) is 29.0 Å². The third-order valence-electron chi connectivity index (χ3n) is 3.74. The summed E-state index contributed by atoms with van der Waals surface area (Å²) in [5.74, 6) is 1.80. The number of nitrogens with zero attached hydrogens (tertiary/aromatic N) is 3. The van der Waals surface area contributed by atoms with Crippen molar-refractivity contribution >= 4 is 5.95 Å². The summed E-state index contributed by atoms with van der Waals surface area (Å²) in [4.78, 5) is 11.1. The van der Waals surface area contributed by atoms with E-state index in [4.69, 9.17) is 0 Å². The number of hydrogen-bond acceptors (Lipinski definition) is 3. The Kier molecular flexibility index (Phi) is 3.42. The summed E-state index contributed by atoms with van der Waals surface area (Å²) in [5.41, 5.74) is 0. The predicted molar refractivity (Wildman–Crippen MR) is 66.5 cm³/mol. The number of hydrogen-bond donors (Lipinski definition) is 0. The Morgan fingerprint density at radius 1 is 1.19 bits per heavy atom. The van der Waals surface area contributed by atoms with Crippen molar-refractivity contribution in [1.82, 2.24) is 9.97 Å². The maximum atomic E-state index is 4.34. The molecule has 3 heteroatoms. The molecule has 1 aliphatic carbocycles. The van der Waals surface area contributed by atoms with Crippen molar-refractivity contribution in [3.8, 4) is 0 Å². The molecule has 0 radical (unpaired) electrons. The zero-order chi connectivity index (χ0) is 11.5. The minimum atomic E-state index is 0.635. The zero-order valence-electron chi connectivity index (χ0n) is 10.4. The van der Waals surface area contributed by atoms with Gasteiger partial charge in [-0.15, -0.1) is 0 Å². The highest BCUT2D eigenvalue weighted by Gasteiger charge is 2.44. The van der Waals surface area contributed by atoms with E-state index in [0.29, 0.717) is 12.1 Å². The second-order valence-corrected chi connectivity index (χ2v) is 4.42. The van der Waals surface area contributed by atoms with Gasteiger partial charge >= 0.3 is 0 Å². The standard InChI is InChI=1S/C11H15N3.C2H6/c1-8-9-3-4-10(7-9)14(8)11-12-5-2-6-13-11;1-2/h2,5-6,8-10H,3-4,7H2,1H3;1-2H3. The molecular weight excluding hydrogens is 198 g/mol. The molecule has 2 heterocycles. The molecule has 0 aromatic carbocycles. The van der Waals surface area contributed by atoms with E-state index >= 15 is 0 Å². The second-order valence-electron chi connectivity index (χ2n) is 4.42. The van der Waals surface area contributed by atoms with Crippen LogP contribution >= 0.6 is 0 Å². The molecule has 1 aliphatic heterocycles. The van der Waals surface area contributed by atoms with Crippen molar-refractivity contribution in [2.75, 3.05) is 4.90 Å². The van der Waals surface area contributed by atoms with E-state index in [-0.39, 0.29) is 0 Å². The number of piperidine rings is 1. The molecule has 88 valence electrons. The summed E-state index contributed by atoms with van der Waals surface area (Å²) in [6.45, 7) is 6.31. The maximum absolute atomic E-state index is 4.34. The largest absolute Gasteiger partial charge is 0.335 e. The Morgan fingerprint density at radius 3 is 2.44 bits per heavy atom. The number of fused-ring (bicyclic) bond motifs is 2. The molecule has 1 saturated carbocycles.